The Balaban J connectivity index is 2.01. The van der Waals surface area contributed by atoms with E-state index in [-0.39, 0.29) is 11.9 Å². The third-order valence-electron chi connectivity index (χ3n) is 3.50. The molecule has 4 heteroatoms. The average Bonchev–Trinajstić information content (AvgIpc) is 2.94. The molecule has 112 valence electrons. The minimum atomic E-state index is -0.275. The highest BCUT2D eigenvalue weighted by atomic mass is 16.3. The van der Waals surface area contributed by atoms with E-state index in [0.29, 0.717) is 13.0 Å². The molecule has 0 aliphatic heterocycles. The Kier molecular flexibility index (Phi) is 5.17. The molecule has 0 aliphatic rings. The summed E-state index contributed by atoms with van der Waals surface area (Å²) in [5.41, 5.74) is 2.16. The second-order valence-corrected chi connectivity index (χ2v) is 5.34. The lowest BCUT2D eigenvalue weighted by Gasteiger charge is -2.25. The molecule has 2 rings (SSSR count). The van der Waals surface area contributed by atoms with Gasteiger partial charge in [-0.05, 0) is 44.3 Å². The molecule has 0 unspecified atom stereocenters. The molecule has 1 atom stereocenters. The van der Waals surface area contributed by atoms with E-state index in [1.807, 2.05) is 62.3 Å². The highest BCUT2D eigenvalue weighted by Gasteiger charge is 2.23. The van der Waals surface area contributed by atoms with Gasteiger partial charge in [0.2, 0.25) is 5.91 Å². The summed E-state index contributed by atoms with van der Waals surface area (Å²) in [7, 11) is 3.84. The van der Waals surface area contributed by atoms with E-state index in [2.05, 4.69) is 5.32 Å². The largest absolute Gasteiger partial charge is 0.469 e. The molecule has 1 N–H and O–H groups in total. The molecule has 1 aromatic carbocycles. The topological polar surface area (TPSA) is 45.5 Å². The fourth-order valence-corrected chi connectivity index (χ4v) is 2.41. The van der Waals surface area contributed by atoms with E-state index < -0.39 is 0 Å². The number of aryl methyl sites for hydroxylation is 1. The minimum absolute atomic E-state index is 0.0147. The lowest BCUT2D eigenvalue weighted by molar-refractivity contribution is -0.125. The van der Waals surface area contributed by atoms with Crippen molar-refractivity contribution in [3.63, 3.8) is 0 Å². The van der Waals surface area contributed by atoms with Crippen LogP contribution in [0.4, 0.5) is 0 Å². The van der Waals surface area contributed by atoms with Gasteiger partial charge in [-0.2, -0.15) is 0 Å². The molecule has 2 aromatic rings. The normalized spacial score (nSPS) is 12.4. The van der Waals surface area contributed by atoms with Gasteiger partial charge in [-0.15, -0.1) is 0 Å². The van der Waals surface area contributed by atoms with Crippen molar-refractivity contribution >= 4 is 5.91 Å². The second-order valence-electron chi connectivity index (χ2n) is 5.34. The van der Waals surface area contributed by atoms with E-state index in [9.17, 15) is 4.79 Å². The van der Waals surface area contributed by atoms with Crippen molar-refractivity contribution in [2.45, 2.75) is 19.4 Å². The first-order valence-electron chi connectivity index (χ1n) is 7.11. The van der Waals surface area contributed by atoms with Gasteiger partial charge >= 0.3 is 0 Å². The zero-order valence-electron chi connectivity index (χ0n) is 12.8. The first kappa shape index (κ1) is 15.3. The van der Waals surface area contributed by atoms with Crippen LogP contribution in [-0.2, 0) is 11.2 Å². The molecular weight excluding hydrogens is 264 g/mol. The molecule has 21 heavy (non-hydrogen) atoms. The zero-order chi connectivity index (χ0) is 15.2. The van der Waals surface area contributed by atoms with Gasteiger partial charge in [-0.3, -0.25) is 9.69 Å². The van der Waals surface area contributed by atoms with Crippen LogP contribution < -0.4 is 5.32 Å². The lowest BCUT2D eigenvalue weighted by atomic mass is 10.00. The lowest BCUT2D eigenvalue weighted by Crippen LogP contribution is -2.38. The zero-order valence-corrected chi connectivity index (χ0v) is 12.8. The van der Waals surface area contributed by atoms with Crippen LogP contribution in [0.2, 0.25) is 0 Å². The fraction of sp³-hybridized carbons (Fsp3) is 0.353. The Morgan fingerprint density at radius 1 is 1.24 bits per heavy atom. The maximum Gasteiger partial charge on any atom is 0.241 e. The van der Waals surface area contributed by atoms with E-state index >= 15 is 0 Å². The molecule has 0 spiro atoms. The Morgan fingerprint density at radius 2 is 2.00 bits per heavy atom. The van der Waals surface area contributed by atoms with Crippen LogP contribution in [0, 0.1) is 6.92 Å². The highest BCUT2D eigenvalue weighted by molar-refractivity contribution is 5.83. The first-order chi connectivity index (χ1) is 10.1. The van der Waals surface area contributed by atoms with Crippen LogP contribution >= 0.6 is 0 Å². The molecule has 0 saturated heterocycles. The highest BCUT2D eigenvalue weighted by Crippen LogP contribution is 2.21. The average molecular weight is 286 g/mol. The predicted octanol–water partition coefficient (Wildman–Crippen LogP) is 2.55. The number of hydrogen-bond donors (Lipinski definition) is 1. The number of benzene rings is 1. The van der Waals surface area contributed by atoms with Crippen molar-refractivity contribution in [3.8, 4) is 0 Å². The second kappa shape index (κ2) is 7.09. The summed E-state index contributed by atoms with van der Waals surface area (Å²) in [6.07, 6.45) is 2.35. The van der Waals surface area contributed by atoms with Crippen molar-refractivity contribution in [1.82, 2.24) is 10.2 Å². The van der Waals surface area contributed by atoms with Crippen LogP contribution in [0.1, 0.15) is 22.9 Å². The van der Waals surface area contributed by atoms with Crippen LogP contribution in [0.25, 0.3) is 0 Å². The number of carbonyl (C=O) groups is 1. The molecular formula is C17H22N2O2. The Labute approximate surface area is 125 Å². The molecule has 0 saturated carbocycles. The number of likely N-dealkylation sites (N-methyl/N-ethyl adjacent to an activating group) is 1. The minimum Gasteiger partial charge on any atom is -0.469 e. The summed E-state index contributed by atoms with van der Waals surface area (Å²) >= 11 is 0. The monoisotopic (exact) mass is 286 g/mol. The summed E-state index contributed by atoms with van der Waals surface area (Å²) in [6.45, 7) is 2.60. The van der Waals surface area contributed by atoms with Crippen LogP contribution in [0.3, 0.4) is 0 Å². The summed E-state index contributed by atoms with van der Waals surface area (Å²) in [5.74, 6) is 0.897. The van der Waals surface area contributed by atoms with E-state index in [1.165, 1.54) is 0 Å². The quantitative estimate of drug-likeness (QED) is 0.887. The molecule has 1 heterocycles. The van der Waals surface area contributed by atoms with E-state index in [0.717, 1.165) is 16.9 Å². The number of carbonyl (C=O) groups excluding carboxylic acids is 1. The molecule has 4 nitrogen and oxygen atoms in total. The van der Waals surface area contributed by atoms with E-state index in [1.54, 1.807) is 6.26 Å². The smallest absolute Gasteiger partial charge is 0.241 e. The third kappa shape index (κ3) is 3.95. The van der Waals surface area contributed by atoms with Crippen molar-refractivity contribution in [2.75, 3.05) is 20.6 Å². The fourth-order valence-electron chi connectivity index (χ4n) is 2.41. The van der Waals surface area contributed by atoms with Gasteiger partial charge in [0, 0.05) is 13.0 Å². The first-order valence-corrected chi connectivity index (χ1v) is 7.11. The molecule has 1 amide bonds. The maximum absolute atomic E-state index is 12.5. The van der Waals surface area contributed by atoms with Gasteiger partial charge in [-0.25, -0.2) is 0 Å². The van der Waals surface area contributed by atoms with Gasteiger partial charge in [0.05, 0.1) is 6.26 Å². The van der Waals surface area contributed by atoms with Crippen LogP contribution in [-0.4, -0.2) is 31.4 Å². The number of nitrogens with zero attached hydrogens (tertiary/aromatic N) is 1. The van der Waals surface area contributed by atoms with Crippen molar-refractivity contribution < 1.29 is 9.21 Å². The number of amides is 1. The summed E-state index contributed by atoms with van der Waals surface area (Å²) < 4.78 is 5.27. The maximum atomic E-state index is 12.5. The standard InChI is InChI=1S/C17H22N2O2/c1-13-7-4-5-9-15(13)16(19(2)3)17(20)18-11-10-14-8-6-12-21-14/h4-9,12,16H,10-11H2,1-3H3,(H,18,20)/t16-/m0/s1. The van der Waals surface area contributed by atoms with Gasteiger partial charge in [0.1, 0.15) is 11.8 Å². The molecule has 1 aromatic heterocycles. The molecule has 0 aliphatic carbocycles. The summed E-state index contributed by atoms with van der Waals surface area (Å²) in [5, 5.41) is 2.99. The number of rotatable bonds is 6. The number of furan rings is 1. The Hall–Kier alpha value is -2.07. The van der Waals surface area contributed by atoms with Crippen molar-refractivity contribution in [2.24, 2.45) is 0 Å². The molecule has 0 fully saturated rings. The predicted molar refractivity (Wildman–Crippen MR) is 83.0 cm³/mol. The van der Waals surface area contributed by atoms with Crippen molar-refractivity contribution in [1.29, 1.82) is 0 Å². The Bertz CT molecular complexity index is 576. The van der Waals surface area contributed by atoms with E-state index in [4.69, 9.17) is 4.42 Å². The third-order valence-corrected chi connectivity index (χ3v) is 3.50. The number of nitrogens with one attached hydrogen (secondary N) is 1. The molecule has 0 bridgehead atoms. The van der Waals surface area contributed by atoms with Gasteiger partial charge in [0.25, 0.3) is 0 Å². The van der Waals surface area contributed by atoms with Crippen molar-refractivity contribution in [3.05, 3.63) is 59.5 Å². The summed E-state index contributed by atoms with van der Waals surface area (Å²) in [6, 6.07) is 11.5. The number of hydrogen-bond acceptors (Lipinski definition) is 3. The van der Waals surface area contributed by atoms with Crippen LogP contribution in [0.5, 0.6) is 0 Å². The van der Waals surface area contributed by atoms with Gasteiger partial charge in [0.15, 0.2) is 0 Å². The Morgan fingerprint density at radius 3 is 2.62 bits per heavy atom. The summed E-state index contributed by atoms with van der Waals surface area (Å²) in [4.78, 5) is 14.4. The SMILES string of the molecule is Cc1ccccc1[C@@H](C(=O)NCCc1ccco1)N(C)C. The van der Waals surface area contributed by atoms with Crippen LogP contribution in [0.15, 0.2) is 47.1 Å². The van der Waals surface area contributed by atoms with Gasteiger partial charge in [-0.1, -0.05) is 24.3 Å². The van der Waals surface area contributed by atoms with Gasteiger partial charge < -0.3 is 9.73 Å². The molecule has 0 radical (unpaired) electrons.